The molecule has 1 aliphatic rings. The molecular weight excluding hydrogens is 332 g/mol. The molecule has 2 aromatic rings. The average molecular weight is 360 g/mol. The number of hydrogen-bond acceptors (Lipinski definition) is 6. The standard InChI is InChI=1S/C18H28N6O2/c1-14(24-10-8-22(2)9-11-24)6-7-19-18(25)23(3)13-15-4-5-16-17(12-15)21-26-20-16/h4-5,12,14H,6-11,13H2,1-3H3,(H,19,25)/t14-/m0/s1. The van der Waals surface area contributed by atoms with Crippen LogP contribution in [0.3, 0.4) is 0 Å². The van der Waals surface area contributed by atoms with E-state index in [1.807, 2.05) is 18.2 Å². The molecule has 8 heteroatoms. The van der Waals surface area contributed by atoms with Gasteiger partial charge in [0.1, 0.15) is 11.0 Å². The summed E-state index contributed by atoms with van der Waals surface area (Å²) < 4.78 is 4.70. The number of carbonyl (C=O) groups is 1. The lowest BCUT2D eigenvalue weighted by Crippen LogP contribution is -2.49. The van der Waals surface area contributed by atoms with Crippen LogP contribution in [0.2, 0.25) is 0 Å². The van der Waals surface area contributed by atoms with E-state index in [-0.39, 0.29) is 6.03 Å². The summed E-state index contributed by atoms with van der Waals surface area (Å²) in [6.45, 7) is 7.87. The summed E-state index contributed by atoms with van der Waals surface area (Å²) in [6.07, 6.45) is 0.958. The Hall–Kier alpha value is -2.19. The first-order valence-corrected chi connectivity index (χ1v) is 9.15. The van der Waals surface area contributed by atoms with Gasteiger partial charge in [-0.05, 0) is 48.4 Å². The first-order valence-electron chi connectivity index (χ1n) is 9.15. The van der Waals surface area contributed by atoms with Crippen molar-refractivity contribution in [3.05, 3.63) is 23.8 Å². The molecule has 1 N–H and O–H groups in total. The minimum Gasteiger partial charge on any atom is -0.338 e. The number of likely N-dealkylation sites (N-methyl/N-ethyl adjacent to an activating group) is 1. The lowest BCUT2D eigenvalue weighted by molar-refractivity contribution is 0.114. The molecule has 1 aromatic carbocycles. The lowest BCUT2D eigenvalue weighted by atomic mass is 10.1. The van der Waals surface area contributed by atoms with Crippen LogP contribution in [0.15, 0.2) is 22.8 Å². The zero-order valence-corrected chi connectivity index (χ0v) is 15.8. The van der Waals surface area contributed by atoms with Crippen molar-refractivity contribution in [1.29, 1.82) is 0 Å². The summed E-state index contributed by atoms with van der Waals surface area (Å²) >= 11 is 0. The molecule has 142 valence electrons. The van der Waals surface area contributed by atoms with Gasteiger partial charge in [0, 0.05) is 52.4 Å². The molecule has 1 aromatic heterocycles. The van der Waals surface area contributed by atoms with E-state index in [2.05, 4.69) is 39.4 Å². The van der Waals surface area contributed by atoms with Gasteiger partial charge in [0.05, 0.1) is 0 Å². The van der Waals surface area contributed by atoms with Crippen LogP contribution >= 0.6 is 0 Å². The maximum absolute atomic E-state index is 12.3. The molecule has 1 aliphatic heterocycles. The molecule has 26 heavy (non-hydrogen) atoms. The monoisotopic (exact) mass is 360 g/mol. The lowest BCUT2D eigenvalue weighted by Gasteiger charge is -2.36. The Morgan fingerprint density at radius 1 is 1.27 bits per heavy atom. The second-order valence-electron chi connectivity index (χ2n) is 7.15. The number of benzene rings is 1. The molecule has 3 rings (SSSR count). The van der Waals surface area contributed by atoms with E-state index in [0.717, 1.165) is 43.7 Å². The number of amides is 2. The summed E-state index contributed by atoms with van der Waals surface area (Å²) in [5.74, 6) is 0. The number of hydrogen-bond donors (Lipinski definition) is 1. The van der Waals surface area contributed by atoms with Gasteiger partial charge in [0.25, 0.3) is 0 Å². The Morgan fingerprint density at radius 2 is 2.00 bits per heavy atom. The number of carbonyl (C=O) groups excluding carboxylic acids is 1. The molecule has 0 spiro atoms. The third kappa shape index (κ3) is 4.70. The first-order chi connectivity index (χ1) is 12.5. The molecule has 0 bridgehead atoms. The van der Waals surface area contributed by atoms with E-state index in [9.17, 15) is 4.79 Å². The molecule has 2 heterocycles. The normalized spacial score (nSPS) is 17.3. The molecule has 1 atom stereocenters. The fourth-order valence-electron chi connectivity index (χ4n) is 3.24. The highest BCUT2D eigenvalue weighted by Gasteiger charge is 2.19. The van der Waals surface area contributed by atoms with Crippen molar-refractivity contribution in [2.24, 2.45) is 0 Å². The predicted molar refractivity (Wildman–Crippen MR) is 99.8 cm³/mol. The van der Waals surface area contributed by atoms with Gasteiger partial charge in [-0.1, -0.05) is 6.07 Å². The van der Waals surface area contributed by atoms with E-state index in [1.165, 1.54) is 0 Å². The highest BCUT2D eigenvalue weighted by molar-refractivity contribution is 5.75. The van der Waals surface area contributed by atoms with Crippen molar-refractivity contribution in [1.82, 2.24) is 30.3 Å². The van der Waals surface area contributed by atoms with E-state index in [0.29, 0.717) is 24.6 Å². The molecule has 0 aliphatic carbocycles. The topological polar surface area (TPSA) is 77.7 Å². The molecule has 0 unspecified atom stereocenters. The van der Waals surface area contributed by atoms with Crippen LogP contribution in [0.4, 0.5) is 4.79 Å². The largest absolute Gasteiger partial charge is 0.338 e. The van der Waals surface area contributed by atoms with Crippen molar-refractivity contribution in [2.75, 3.05) is 46.8 Å². The molecule has 1 fully saturated rings. The molecule has 1 saturated heterocycles. The van der Waals surface area contributed by atoms with Crippen LogP contribution in [-0.4, -0.2) is 83.9 Å². The average Bonchev–Trinajstić information content (AvgIpc) is 3.09. The SMILES string of the molecule is C[C@@H](CCNC(=O)N(C)Cc1ccc2nonc2c1)N1CCN(C)CC1. The van der Waals surface area contributed by atoms with E-state index in [1.54, 1.807) is 11.9 Å². The van der Waals surface area contributed by atoms with Gasteiger partial charge >= 0.3 is 6.03 Å². The zero-order valence-electron chi connectivity index (χ0n) is 15.8. The number of fused-ring (bicyclic) bond motifs is 1. The summed E-state index contributed by atoms with van der Waals surface area (Å²) in [5.41, 5.74) is 2.42. The second-order valence-corrected chi connectivity index (χ2v) is 7.15. The Bertz CT molecular complexity index is 725. The second kappa shape index (κ2) is 8.46. The summed E-state index contributed by atoms with van der Waals surface area (Å²) in [6, 6.07) is 6.10. The number of urea groups is 1. The number of rotatable bonds is 6. The van der Waals surface area contributed by atoms with Gasteiger partial charge in [-0.15, -0.1) is 0 Å². The van der Waals surface area contributed by atoms with E-state index < -0.39 is 0 Å². The van der Waals surface area contributed by atoms with E-state index in [4.69, 9.17) is 4.63 Å². The van der Waals surface area contributed by atoms with Crippen LogP contribution in [-0.2, 0) is 6.54 Å². The Labute approximate surface area is 154 Å². The molecule has 8 nitrogen and oxygen atoms in total. The van der Waals surface area contributed by atoms with Crippen LogP contribution in [0.25, 0.3) is 11.0 Å². The molecule has 0 radical (unpaired) electrons. The van der Waals surface area contributed by atoms with Gasteiger partial charge < -0.3 is 15.1 Å². The molecule has 0 saturated carbocycles. The van der Waals surface area contributed by atoms with Gasteiger partial charge in [-0.25, -0.2) is 9.42 Å². The molecular formula is C18H28N6O2. The maximum Gasteiger partial charge on any atom is 0.317 e. The van der Waals surface area contributed by atoms with Crippen LogP contribution in [0, 0.1) is 0 Å². The third-order valence-electron chi connectivity index (χ3n) is 5.08. The number of piperazine rings is 1. The maximum atomic E-state index is 12.3. The van der Waals surface area contributed by atoms with Gasteiger partial charge in [0.15, 0.2) is 0 Å². The van der Waals surface area contributed by atoms with Crippen molar-refractivity contribution in [2.45, 2.75) is 25.9 Å². The fraction of sp³-hybridized carbons (Fsp3) is 0.611. The Balaban J connectivity index is 1.41. The summed E-state index contributed by atoms with van der Waals surface area (Å²) in [5, 5.41) is 10.6. The number of nitrogens with one attached hydrogen (secondary N) is 1. The Kier molecular flexibility index (Phi) is 6.05. The highest BCUT2D eigenvalue weighted by atomic mass is 16.6. The quantitative estimate of drug-likeness (QED) is 0.839. The number of aromatic nitrogens is 2. The van der Waals surface area contributed by atoms with Crippen LogP contribution in [0.5, 0.6) is 0 Å². The van der Waals surface area contributed by atoms with E-state index >= 15 is 0 Å². The smallest absolute Gasteiger partial charge is 0.317 e. The van der Waals surface area contributed by atoms with Crippen LogP contribution in [0.1, 0.15) is 18.9 Å². The summed E-state index contributed by atoms with van der Waals surface area (Å²) in [4.78, 5) is 18.8. The van der Waals surface area contributed by atoms with Crippen molar-refractivity contribution in [3.63, 3.8) is 0 Å². The first kappa shape index (κ1) is 18.6. The van der Waals surface area contributed by atoms with Gasteiger partial charge in [-0.3, -0.25) is 4.90 Å². The van der Waals surface area contributed by atoms with Gasteiger partial charge in [0.2, 0.25) is 0 Å². The minimum atomic E-state index is -0.0612. The molecule has 2 amide bonds. The Morgan fingerprint density at radius 3 is 2.77 bits per heavy atom. The predicted octanol–water partition coefficient (Wildman–Crippen LogP) is 1.39. The van der Waals surface area contributed by atoms with Crippen LogP contribution < -0.4 is 5.32 Å². The number of nitrogens with zero attached hydrogens (tertiary/aromatic N) is 5. The van der Waals surface area contributed by atoms with Gasteiger partial charge in [-0.2, -0.15) is 0 Å². The minimum absolute atomic E-state index is 0.0612. The zero-order chi connectivity index (χ0) is 18.5. The fourth-order valence-corrected chi connectivity index (χ4v) is 3.24. The third-order valence-corrected chi connectivity index (χ3v) is 5.08. The highest BCUT2D eigenvalue weighted by Crippen LogP contribution is 2.13. The summed E-state index contributed by atoms with van der Waals surface area (Å²) in [7, 11) is 3.96. The van der Waals surface area contributed by atoms with Crippen molar-refractivity contribution >= 4 is 17.1 Å². The van der Waals surface area contributed by atoms with Crippen molar-refractivity contribution in [3.8, 4) is 0 Å². The van der Waals surface area contributed by atoms with Crippen molar-refractivity contribution < 1.29 is 9.42 Å².